The SMILES string of the molecule is CNc1c(-c2ccc(OCc3cnc(OC)cn3)nc2)nc2cc(C#N)ccn12. The van der Waals surface area contributed by atoms with Crippen LogP contribution in [0.1, 0.15) is 11.3 Å². The van der Waals surface area contributed by atoms with Crippen molar-refractivity contribution in [3.05, 3.63) is 60.3 Å². The minimum absolute atomic E-state index is 0.246. The lowest BCUT2D eigenvalue weighted by Gasteiger charge is -2.07. The Balaban J connectivity index is 1.55. The predicted octanol–water partition coefficient (Wildman–Crippen LogP) is 2.69. The van der Waals surface area contributed by atoms with Crippen molar-refractivity contribution in [3.8, 4) is 29.1 Å². The fourth-order valence-electron chi connectivity index (χ4n) is 2.83. The van der Waals surface area contributed by atoms with Crippen molar-refractivity contribution in [2.75, 3.05) is 19.5 Å². The van der Waals surface area contributed by atoms with Crippen molar-refractivity contribution in [1.82, 2.24) is 24.3 Å². The van der Waals surface area contributed by atoms with Crippen molar-refractivity contribution in [3.63, 3.8) is 0 Å². The van der Waals surface area contributed by atoms with Gasteiger partial charge in [0.1, 0.15) is 23.8 Å². The molecule has 4 aromatic heterocycles. The topological polar surface area (TPSA) is 110 Å². The quantitative estimate of drug-likeness (QED) is 0.538. The molecule has 0 aliphatic carbocycles. The molecule has 4 aromatic rings. The summed E-state index contributed by atoms with van der Waals surface area (Å²) < 4.78 is 12.5. The molecule has 4 rings (SSSR count). The zero-order valence-corrected chi connectivity index (χ0v) is 15.8. The van der Waals surface area contributed by atoms with E-state index in [1.165, 1.54) is 13.3 Å². The Hall–Kier alpha value is -4.19. The summed E-state index contributed by atoms with van der Waals surface area (Å²) in [7, 11) is 3.36. The van der Waals surface area contributed by atoms with Gasteiger partial charge in [0.15, 0.2) is 0 Å². The molecule has 0 amide bonds. The van der Waals surface area contributed by atoms with Gasteiger partial charge in [0.25, 0.3) is 0 Å². The van der Waals surface area contributed by atoms with E-state index in [1.54, 1.807) is 30.6 Å². The van der Waals surface area contributed by atoms with Crippen LogP contribution in [-0.4, -0.2) is 38.5 Å². The number of nitriles is 1. The van der Waals surface area contributed by atoms with Gasteiger partial charge in [-0.05, 0) is 18.2 Å². The Bertz CT molecular complexity index is 1180. The summed E-state index contributed by atoms with van der Waals surface area (Å²) in [5.41, 5.74) is 3.47. The lowest BCUT2D eigenvalue weighted by Crippen LogP contribution is -2.01. The van der Waals surface area contributed by atoms with Crippen LogP contribution in [0.5, 0.6) is 11.8 Å². The molecule has 0 spiro atoms. The average molecular weight is 387 g/mol. The third-order valence-corrected chi connectivity index (χ3v) is 4.26. The summed E-state index contributed by atoms with van der Waals surface area (Å²) in [6, 6.07) is 9.27. The van der Waals surface area contributed by atoms with Gasteiger partial charge in [0, 0.05) is 31.1 Å². The van der Waals surface area contributed by atoms with Gasteiger partial charge >= 0.3 is 0 Å². The Morgan fingerprint density at radius 1 is 1.10 bits per heavy atom. The van der Waals surface area contributed by atoms with E-state index < -0.39 is 0 Å². The molecule has 0 bridgehead atoms. The summed E-state index contributed by atoms with van der Waals surface area (Å²) in [6.45, 7) is 0.246. The molecular formula is C20H17N7O2. The smallest absolute Gasteiger partial charge is 0.231 e. The van der Waals surface area contributed by atoms with Crippen LogP contribution in [-0.2, 0) is 6.61 Å². The first-order chi connectivity index (χ1) is 14.2. The highest BCUT2D eigenvalue weighted by Gasteiger charge is 2.14. The fraction of sp³-hybridized carbons (Fsp3) is 0.150. The van der Waals surface area contributed by atoms with Crippen LogP contribution in [0.15, 0.2) is 49.1 Å². The number of hydrogen-bond acceptors (Lipinski definition) is 8. The molecule has 1 N–H and O–H groups in total. The summed E-state index contributed by atoms with van der Waals surface area (Å²) >= 11 is 0. The maximum absolute atomic E-state index is 9.10. The third-order valence-electron chi connectivity index (χ3n) is 4.26. The average Bonchev–Trinajstić information content (AvgIpc) is 3.16. The summed E-state index contributed by atoms with van der Waals surface area (Å²) in [5, 5.41) is 12.3. The molecule has 0 atom stereocenters. The molecule has 144 valence electrons. The van der Waals surface area contributed by atoms with Crippen LogP contribution in [0.4, 0.5) is 5.82 Å². The number of methoxy groups -OCH3 is 1. The van der Waals surface area contributed by atoms with E-state index in [1.807, 2.05) is 23.7 Å². The number of aromatic nitrogens is 5. The highest BCUT2D eigenvalue weighted by atomic mass is 16.5. The van der Waals surface area contributed by atoms with Gasteiger partial charge in [-0.2, -0.15) is 5.26 Å². The van der Waals surface area contributed by atoms with Gasteiger partial charge in [-0.3, -0.25) is 9.38 Å². The molecule has 9 heteroatoms. The lowest BCUT2D eigenvalue weighted by atomic mass is 10.2. The Morgan fingerprint density at radius 3 is 2.62 bits per heavy atom. The number of fused-ring (bicyclic) bond motifs is 1. The predicted molar refractivity (Wildman–Crippen MR) is 106 cm³/mol. The monoisotopic (exact) mass is 387 g/mol. The van der Waals surface area contributed by atoms with Crippen molar-refractivity contribution in [1.29, 1.82) is 5.26 Å². The van der Waals surface area contributed by atoms with Crippen molar-refractivity contribution in [2.24, 2.45) is 0 Å². The molecule has 4 heterocycles. The van der Waals surface area contributed by atoms with Crippen LogP contribution in [0.2, 0.25) is 0 Å². The number of anilines is 1. The van der Waals surface area contributed by atoms with Crippen LogP contribution in [0.3, 0.4) is 0 Å². The molecule has 0 fully saturated rings. The van der Waals surface area contributed by atoms with Gasteiger partial charge in [0.05, 0.1) is 36.8 Å². The van der Waals surface area contributed by atoms with Gasteiger partial charge in [0.2, 0.25) is 11.8 Å². The molecule has 0 aliphatic rings. The first-order valence-electron chi connectivity index (χ1n) is 8.76. The third kappa shape index (κ3) is 3.64. The lowest BCUT2D eigenvalue weighted by molar-refractivity contribution is 0.288. The second kappa shape index (κ2) is 7.82. The highest BCUT2D eigenvalue weighted by molar-refractivity contribution is 5.76. The number of imidazole rings is 1. The van der Waals surface area contributed by atoms with Gasteiger partial charge in [-0.15, -0.1) is 0 Å². The van der Waals surface area contributed by atoms with Gasteiger partial charge in [-0.25, -0.2) is 15.0 Å². The maximum Gasteiger partial charge on any atom is 0.231 e. The first kappa shape index (κ1) is 18.2. The van der Waals surface area contributed by atoms with E-state index in [2.05, 4.69) is 31.3 Å². The zero-order valence-electron chi connectivity index (χ0n) is 15.8. The van der Waals surface area contributed by atoms with E-state index >= 15 is 0 Å². The second-order valence-corrected chi connectivity index (χ2v) is 6.04. The summed E-state index contributed by atoms with van der Waals surface area (Å²) in [5.74, 6) is 1.73. The highest BCUT2D eigenvalue weighted by Crippen LogP contribution is 2.29. The molecule has 0 saturated carbocycles. The van der Waals surface area contributed by atoms with E-state index in [0.717, 1.165) is 17.1 Å². The fourth-order valence-corrected chi connectivity index (χ4v) is 2.83. The van der Waals surface area contributed by atoms with E-state index in [-0.39, 0.29) is 6.61 Å². The molecule has 0 saturated heterocycles. The van der Waals surface area contributed by atoms with Crippen molar-refractivity contribution in [2.45, 2.75) is 6.61 Å². The number of hydrogen-bond donors (Lipinski definition) is 1. The maximum atomic E-state index is 9.10. The molecule has 0 aliphatic heterocycles. The number of nitrogens with one attached hydrogen (secondary N) is 1. The molecule has 29 heavy (non-hydrogen) atoms. The minimum atomic E-state index is 0.246. The Morgan fingerprint density at radius 2 is 1.97 bits per heavy atom. The Labute approximate surface area is 166 Å². The zero-order chi connectivity index (χ0) is 20.2. The normalized spacial score (nSPS) is 10.5. The largest absolute Gasteiger partial charge is 0.480 e. The Kier molecular flexibility index (Phi) is 4.90. The van der Waals surface area contributed by atoms with Crippen LogP contribution < -0.4 is 14.8 Å². The molecule has 9 nitrogen and oxygen atoms in total. The number of ether oxygens (including phenoxy) is 2. The second-order valence-electron chi connectivity index (χ2n) is 6.04. The summed E-state index contributed by atoms with van der Waals surface area (Å²) in [4.78, 5) is 17.3. The van der Waals surface area contributed by atoms with Gasteiger partial charge < -0.3 is 14.8 Å². The standard InChI is InChI=1S/C20H17N7O2/c1-22-20-19(26-16-7-13(8-21)5-6-27(16)20)14-3-4-17(24-9-14)29-12-15-10-25-18(28-2)11-23-15/h3-7,9-11,22H,12H2,1-2H3. The number of pyridine rings is 2. The van der Waals surface area contributed by atoms with E-state index in [4.69, 9.17) is 14.7 Å². The minimum Gasteiger partial charge on any atom is -0.480 e. The first-order valence-corrected chi connectivity index (χ1v) is 8.76. The summed E-state index contributed by atoms with van der Waals surface area (Å²) in [6.07, 6.45) is 6.65. The number of nitrogens with zero attached hydrogens (tertiary/aromatic N) is 6. The van der Waals surface area contributed by atoms with E-state index in [0.29, 0.717) is 28.7 Å². The number of rotatable bonds is 6. The molecule has 0 radical (unpaired) electrons. The van der Waals surface area contributed by atoms with Crippen molar-refractivity contribution < 1.29 is 9.47 Å². The van der Waals surface area contributed by atoms with Crippen LogP contribution in [0, 0.1) is 11.3 Å². The molecular weight excluding hydrogens is 370 g/mol. The molecule has 0 aromatic carbocycles. The van der Waals surface area contributed by atoms with Crippen LogP contribution in [0.25, 0.3) is 16.9 Å². The van der Waals surface area contributed by atoms with E-state index in [9.17, 15) is 0 Å². The van der Waals surface area contributed by atoms with Crippen molar-refractivity contribution >= 4 is 11.5 Å². The van der Waals surface area contributed by atoms with Gasteiger partial charge in [-0.1, -0.05) is 0 Å². The van der Waals surface area contributed by atoms with Crippen LogP contribution >= 0.6 is 0 Å². The molecule has 0 unspecified atom stereocenters.